The van der Waals surface area contributed by atoms with Crippen LogP contribution in [-0.2, 0) is 11.2 Å². The fourth-order valence-electron chi connectivity index (χ4n) is 1.49. The van der Waals surface area contributed by atoms with Gasteiger partial charge in [-0.05, 0) is 17.7 Å². The van der Waals surface area contributed by atoms with Crippen molar-refractivity contribution in [3.8, 4) is 5.75 Å². The average Bonchev–Trinajstić information content (AvgIpc) is 2.28. The third-order valence-corrected chi connectivity index (χ3v) is 2.76. The van der Waals surface area contributed by atoms with E-state index < -0.39 is 0 Å². The second kappa shape index (κ2) is 8.18. The highest BCUT2D eigenvalue weighted by molar-refractivity contribution is 5.85. The van der Waals surface area contributed by atoms with E-state index in [-0.39, 0.29) is 23.6 Å². The van der Waals surface area contributed by atoms with Crippen LogP contribution in [0.4, 0.5) is 0 Å². The van der Waals surface area contributed by atoms with Crippen molar-refractivity contribution in [1.82, 2.24) is 0 Å². The van der Waals surface area contributed by atoms with Crippen molar-refractivity contribution in [1.29, 1.82) is 0 Å². The average molecular weight is 286 g/mol. The lowest BCUT2D eigenvalue weighted by atomic mass is 9.87. The molecule has 108 valence electrons. The maximum atomic E-state index is 12.0. The molecule has 0 saturated carbocycles. The van der Waals surface area contributed by atoms with Gasteiger partial charge in [-0.3, -0.25) is 4.79 Å². The van der Waals surface area contributed by atoms with Crippen LogP contribution in [-0.4, -0.2) is 18.9 Å². The van der Waals surface area contributed by atoms with Crippen LogP contribution in [0, 0.1) is 5.41 Å². The predicted molar refractivity (Wildman–Crippen MR) is 72.5 cm³/mol. The molecule has 0 unspecified atom stereocenters. The molecule has 0 aliphatic rings. The van der Waals surface area contributed by atoms with Crippen LogP contribution in [0.1, 0.15) is 32.8 Å². The molecule has 1 aromatic rings. The van der Waals surface area contributed by atoms with Crippen molar-refractivity contribution in [2.45, 2.75) is 33.6 Å². The molecule has 1 aromatic carbocycles. The molecule has 1 rings (SSSR count). The molecule has 3 N–H and O–H groups in total. The van der Waals surface area contributed by atoms with E-state index in [2.05, 4.69) is 5.73 Å². The summed E-state index contributed by atoms with van der Waals surface area (Å²) in [5, 5.41) is 0. The molecule has 0 aliphatic heterocycles. The van der Waals surface area contributed by atoms with Crippen LogP contribution in [0.5, 0.6) is 5.75 Å². The van der Waals surface area contributed by atoms with E-state index in [9.17, 15) is 4.79 Å². The number of carbonyl (C=O) groups excluding carboxylic acids is 1. The molecule has 0 radical (unpaired) electrons. The summed E-state index contributed by atoms with van der Waals surface area (Å²) in [4.78, 5) is 12.0. The van der Waals surface area contributed by atoms with Gasteiger partial charge in [-0.2, -0.15) is 0 Å². The van der Waals surface area contributed by atoms with E-state index >= 15 is 0 Å². The van der Waals surface area contributed by atoms with Crippen LogP contribution in [0.2, 0.25) is 0 Å². The highest BCUT2D eigenvalue weighted by atomic mass is 35.5. The monoisotopic (exact) mass is 285 g/mol. The minimum absolute atomic E-state index is 0. The van der Waals surface area contributed by atoms with Gasteiger partial charge in [0.05, 0.1) is 13.2 Å². The van der Waals surface area contributed by atoms with E-state index in [1.807, 2.05) is 45.0 Å². The molecule has 0 saturated heterocycles. The Labute approximate surface area is 121 Å². The maximum Gasteiger partial charge on any atom is 0.142 e. The fourth-order valence-corrected chi connectivity index (χ4v) is 1.49. The normalized spacial score (nSPS) is 10.7. The number of hydrogen-bond donors (Lipinski definition) is 1. The van der Waals surface area contributed by atoms with E-state index in [1.165, 1.54) is 0 Å². The van der Waals surface area contributed by atoms with Gasteiger partial charge in [0.15, 0.2) is 0 Å². The van der Waals surface area contributed by atoms with E-state index in [0.717, 1.165) is 24.3 Å². The van der Waals surface area contributed by atoms with Crippen molar-refractivity contribution >= 4 is 5.78 Å². The van der Waals surface area contributed by atoms with Crippen LogP contribution in [0.15, 0.2) is 24.3 Å². The number of ketones is 1. The van der Waals surface area contributed by atoms with Crippen molar-refractivity contribution in [2.24, 2.45) is 5.41 Å². The molecular weight excluding hydrogens is 262 g/mol. The summed E-state index contributed by atoms with van der Waals surface area (Å²) in [6.07, 6.45) is 1.42. The summed E-state index contributed by atoms with van der Waals surface area (Å²) in [5.74, 6) is 1.08. The first-order chi connectivity index (χ1) is 8.43. The molecule has 0 fully saturated rings. The Morgan fingerprint density at radius 2 is 2.00 bits per heavy atom. The summed E-state index contributed by atoms with van der Waals surface area (Å²) in [6.45, 7) is 7.40. The fraction of sp³-hybridized carbons (Fsp3) is 0.533. The second-order valence-corrected chi connectivity index (χ2v) is 5.55. The lowest BCUT2D eigenvalue weighted by molar-refractivity contribution is -0.368. The van der Waals surface area contributed by atoms with Crippen molar-refractivity contribution in [2.75, 3.05) is 13.2 Å². The minimum atomic E-state index is -0.287. The minimum Gasteiger partial charge on any atom is -1.00 e. The van der Waals surface area contributed by atoms with Crippen LogP contribution >= 0.6 is 0 Å². The molecule has 0 amide bonds. The van der Waals surface area contributed by atoms with Gasteiger partial charge in [0.25, 0.3) is 0 Å². The topological polar surface area (TPSA) is 53.9 Å². The number of carbonyl (C=O) groups is 1. The van der Waals surface area contributed by atoms with Gasteiger partial charge in [0, 0.05) is 18.3 Å². The number of quaternary nitrogens is 1. The van der Waals surface area contributed by atoms with Crippen molar-refractivity contribution < 1.29 is 27.7 Å². The lowest BCUT2D eigenvalue weighted by Gasteiger charge is -2.16. The van der Waals surface area contributed by atoms with Crippen LogP contribution in [0.25, 0.3) is 0 Å². The molecule has 0 heterocycles. The smallest absolute Gasteiger partial charge is 0.142 e. The van der Waals surface area contributed by atoms with Gasteiger partial charge in [0.2, 0.25) is 0 Å². The highest BCUT2D eigenvalue weighted by Crippen LogP contribution is 2.20. The zero-order valence-electron chi connectivity index (χ0n) is 12.0. The lowest BCUT2D eigenvalue weighted by Crippen LogP contribution is -3.00. The summed E-state index contributed by atoms with van der Waals surface area (Å²) >= 11 is 0. The van der Waals surface area contributed by atoms with Gasteiger partial charge in [-0.25, -0.2) is 0 Å². The first-order valence-electron chi connectivity index (χ1n) is 6.48. The highest BCUT2D eigenvalue weighted by Gasteiger charge is 2.21. The predicted octanol–water partition coefficient (Wildman–Crippen LogP) is -1.14. The van der Waals surface area contributed by atoms with Gasteiger partial charge in [-0.15, -0.1) is 0 Å². The molecule has 0 atom stereocenters. The summed E-state index contributed by atoms with van der Waals surface area (Å²) in [5.41, 5.74) is 4.50. The second-order valence-electron chi connectivity index (χ2n) is 5.55. The Morgan fingerprint density at radius 1 is 1.32 bits per heavy atom. The zero-order chi connectivity index (χ0) is 13.6. The number of halogens is 1. The number of Topliss-reactive ketones (excluding diaryl/α,β-unsaturated/α-hetero) is 1. The molecule has 4 heteroatoms. The van der Waals surface area contributed by atoms with Gasteiger partial charge in [0.1, 0.15) is 11.5 Å². The molecule has 3 nitrogen and oxygen atoms in total. The summed E-state index contributed by atoms with van der Waals surface area (Å²) in [6, 6.07) is 7.78. The Hall–Kier alpha value is -1.06. The first-order valence-corrected chi connectivity index (χ1v) is 6.48. The van der Waals surface area contributed by atoms with Crippen LogP contribution in [0.3, 0.4) is 0 Å². The zero-order valence-corrected chi connectivity index (χ0v) is 12.8. The Bertz CT molecular complexity index is 399. The summed E-state index contributed by atoms with van der Waals surface area (Å²) in [7, 11) is 0. The van der Waals surface area contributed by atoms with Gasteiger partial charge < -0.3 is 22.9 Å². The molecule has 0 aliphatic carbocycles. The first kappa shape index (κ1) is 17.9. The van der Waals surface area contributed by atoms with Crippen molar-refractivity contribution in [3.63, 3.8) is 0 Å². The number of hydrogen-bond acceptors (Lipinski definition) is 2. The van der Waals surface area contributed by atoms with Crippen LogP contribution < -0.4 is 22.9 Å². The number of benzene rings is 1. The molecule has 19 heavy (non-hydrogen) atoms. The standard InChI is InChI=1S/C15H23NO2.ClH/c1-15(2,3)14(17)11-12-6-4-7-13(10-12)18-9-5-8-16;/h4,6-7,10H,5,8-9,11,16H2,1-3H3;1H. The SMILES string of the molecule is CC(C)(C)C(=O)Cc1cccc(OCCC[NH3+])c1.[Cl-]. The molecule has 0 aromatic heterocycles. The van der Waals surface area contributed by atoms with Gasteiger partial charge >= 0.3 is 0 Å². The Morgan fingerprint density at radius 3 is 2.58 bits per heavy atom. The number of ether oxygens (including phenoxy) is 1. The Balaban J connectivity index is 0.00000324. The maximum absolute atomic E-state index is 12.0. The molecular formula is C15H24ClNO2. The third-order valence-electron chi connectivity index (χ3n) is 2.76. The van der Waals surface area contributed by atoms with E-state index in [4.69, 9.17) is 4.74 Å². The van der Waals surface area contributed by atoms with E-state index in [0.29, 0.717) is 13.0 Å². The van der Waals surface area contributed by atoms with Gasteiger partial charge in [-0.1, -0.05) is 32.9 Å². The van der Waals surface area contributed by atoms with E-state index in [1.54, 1.807) is 0 Å². The Kier molecular flexibility index (Phi) is 7.72. The number of rotatable bonds is 6. The third kappa shape index (κ3) is 6.60. The molecule has 0 spiro atoms. The quantitative estimate of drug-likeness (QED) is 0.672. The summed E-state index contributed by atoms with van der Waals surface area (Å²) < 4.78 is 5.60. The largest absolute Gasteiger partial charge is 1.00 e. The molecule has 0 bridgehead atoms. The van der Waals surface area contributed by atoms with Crippen molar-refractivity contribution in [3.05, 3.63) is 29.8 Å².